The molecule has 1 saturated carbocycles. The van der Waals surface area contributed by atoms with Gasteiger partial charge >= 0.3 is 0 Å². The summed E-state index contributed by atoms with van der Waals surface area (Å²) >= 11 is 3.61. The average Bonchev–Trinajstić information content (AvgIpc) is 3.09. The second kappa shape index (κ2) is 5.80. The number of halogens is 1. The van der Waals surface area contributed by atoms with E-state index < -0.39 is 0 Å². The summed E-state index contributed by atoms with van der Waals surface area (Å²) in [6.07, 6.45) is 5.86. The minimum absolute atomic E-state index is 0.833. The van der Waals surface area contributed by atoms with Crippen LogP contribution in [0.4, 0.5) is 5.82 Å². The summed E-state index contributed by atoms with van der Waals surface area (Å²) in [5, 5.41) is 3.31. The molecule has 94 valence electrons. The predicted octanol–water partition coefficient (Wildman–Crippen LogP) is 3.58. The third kappa shape index (κ3) is 3.41. The zero-order chi connectivity index (χ0) is 12.3. The molecule has 0 bridgehead atoms. The van der Waals surface area contributed by atoms with E-state index in [0.29, 0.717) is 0 Å². The Bertz CT molecular complexity index is 361. The molecule has 0 radical (unpaired) electrons. The smallest absolute Gasteiger partial charge is 0.144 e. The summed E-state index contributed by atoms with van der Waals surface area (Å²) < 4.78 is 1.04. The third-order valence-electron chi connectivity index (χ3n) is 2.97. The van der Waals surface area contributed by atoms with Crippen LogP contribution < -0.4 is 5.32 Å². The molecule has 1 N–H and O–H groups in total. The number of aryl methyl sites for hydroxylation is 1. The summed E-state index contributed by atoms with van der Waals surface area (Å²) in [5.41, 5.74) is 1.15. The van der Waals surface area contributed by atoms with Gasteiger partial charge < -0.3 is 5.32 Å². The van der Waals surface area contributed by atoms with E-state index in [2.05, 4.69) is 45.1 Å². The maximum atomic E-state index is 4.69. The van der Waals surface area contributed by atoms with Crippen molar-refractivity contribution in [2.24, 2.45) is 5.92 Å². The molecule has 17 heavy (non-hydrogen) atoms. The predicted molar refractivity (Wildman–Crippen MR) is 74.3 cm³/mol. The molecule has 1 aromatic rings. The lowest BCUT2D eigenvalue weighted by molar-refractivity contribution is 0.747. The highest BCUT2D eigenvalue weighted by molar-refractivity contribution is 9.10. The maximum Gasteiger partial charge on any atom is 0.144 e. The average molecular weight is 298 g/mol. The summed E-state index contributed by atoms with van der Waals surface area (Å²) in [5.74, 6) is 2.80. The zero-order valence-electron chi connectivity index (χ0n) is 10.6. The SMILES string of the molecule is CCCc1nc(CC2CC2)nc(NCC)c1Br. The minimum Gasteiger partial charge on any atom is -0.369 e. The number of hydrogen-bond donors (Lipinski definition) is 1. The first kappa shape index (κ1) is 12.8. The highest BCUT2D eigenvalue weighted by Crippen LogP contribution is 2.33. The molecule has 1 aromatic heterocycles. The normalized spacial score (nSPS) is 15.0. The molecular formula is C13H20BrN3. The summed E-state index contributed by atoms with van der Waals surface area (Å²) in [7, 11) is 0. The van der Waals surface area contributed by atoms with Crippen LogP contribution in [0.1, 0.15) is 44.6 Å². The topological polar surface area (TPSA) is 37.8 Å². The van der Waals surface area contributed by atoms with E-state index in [9.17, 15) is 0 Å². The fourth-order valence-electron chi connectivity index (χ4n) is 1.90. The molecule has 3 nitrogen and oxygen atoms in total. The van der Waals surface area contributed by atoms with Crippen LogP contribution in [-0.2, 0) is 12.8 Å². The number of anilines is 1. The second-order valence-electron chi connectivity index (χ2n) is 4.68. The van der Waals surface area contributed by atoms with Gasteiger partial charge in [-0.2, -0.15) is 0 Å². The van der Waals surface area contributed by atoms with Gasteiger partial charge in [0.05, 0.1) is 10.2 Å². The first-order valence-electron chi connectivity index (χ1n) is 6.53. The van der Waals surface area contributed by atoms with Gasteiger partial charge in [-0.25, -0.2) is 9.97 Å². The summed E-state index contributed by atoms with van der Waals surface area (Å²) in [6.45, 7) is 5.17. The maximum absolute atomic E-state index is 4.69. The van der Waals surface area contributed by atoms with Gasteiger partial charge in [-0.15, -0.1) is 0 Å². The zero-order valence-corrected chi connectivity index (χ0v) is 12.2. The van der Waals surface area contributed by atoms with Gasteiger partial charge in [0.1, 0.15) is 11.6 Å². The highest BCUT2D eigenvalue weighted by atomic mass is 79.9. The Morgan fingerprint density at radius 1 is 1.29 bits per heavy atom. The largest absolute Gasteiger partial charge is 0.369 e. The molecule has 1 aliphatic carbocycles. The first-order chi connectivity index (χ1) is 8.24. The number of nitrogens with zero attached hydrogens (tertiary/aromatic N) is 2. The monoisotopic (exact) mass is 297 g/mol. The number of aromatic nitrogens is 2. The van der Waals surface area contributed by atoms with Crippen molar-refractivity contribution in [3.8, 4) is 0 Å². The van der Waals surface area contributed by atoms with Crippen LogP contribution in [0.25, 0.3) is 0 Å². The molecule has 0 atom stereocenters. The van der Waals surface area contributed by atoms with E-state index >= 15 is 0 Å². The van der Waals surface area contributed by atoms with Crippen LogP contribution in [-0.4, -0.2) is 16.5 Å². The molecule has 0 aliphatic heterocycles. The van der Waals surface area contributed by atoms with Gasteiger partial charge in [-0.1, -0.05) is 13.3 Å². The Labute approximate surface area is 112 Å². The lowest BCUT2D eigenvalue weighted by atomic mass is 10.2. The van der Waals surface area contributed by atoms with Crippen LogP contribution in [0.2, 0.25) is 0 Å². The molecule has 0 aromatic carbocycles. The van der Waals surface area contributed by atoms with Crippen molar-refractivity contribution in [2.75, 3.05) is 11.9 Å². The van der Waals surface area contributed by atoms with Crippen LogP contribution in [0.5, 0.6) is 0 Å². The molecule has 0 saturated heterocycles. The third-order valence-corrected chi connectivity index (χ3v) is 3.80. The van der Waals surface area contributed by atoms with Crippen molar-refractivity contribution in [1.29, 1.82) is 0 Å². The molecule has 0 amide bonds. The molecule has 2 rings (SSSR count). The Morgan fingerprint density at radius 3 is 2.65 bits per heavy atom. The van der Waals surface area contributed by atoms with Crippen molar-refractivity contribution >= 4 is 21.7 Å². The first-order valence-corrected chi connectivity index (χ1v) is 7.33. The van der Waals surface area contributed by atoms with Crippen LogP contribution in [0, 0.1) is 5.92 Å². The summed E-state index contributed by atoms with van der Waals surface area (Å²) in [4.78, 5) is 9.30. The van der Waals surface area contributed by atoms with Gasteiger partial charge in [-0.3, -0.25) is 0 Å². The second-order valence-corrected chi connectivity index (χ2v) is 5.47. The van der Waals surface area contributed by atoms with Gasteiger partial charge in [0.25, 0.3) is 0 Å². The van der Waals surface area contributed by atoms with E-state index in [1.807, 2.05) is 0 Å². The fraction of sp³-hybridized carbons (Fsp3) is 0.692. The lowest BCUT2D eigenvalue weighted by Gasteiger charge is -2.11. The van der Waals surface area contributed by atoms with Crippen LogP contribution >= 0.6 is 15.9 Å². The Hall–Kier alpha value is -0.640. The standard InChI is InChI=1S/C13H20BrN3/c1-3-5-10-12(14)13(15-4-2)17-11(16-10)8-9-6-7-9/h9H,3-8H2,1-2H3,(H,15,16,17). The van der Waals surface area contributed by atoms with Crippen molar-refractivity contribution in [3.05, 3.63) is 16.0 Å². The highest BCUT2D eigenvalue weighted by Gasteiger charge is 2.23. The molecule has 1 heterocycles. The number of nitrogens with one attached hydrogen (secondary N) is 1. The van der Waals surface area contributed by atoms with Gasteiger partial charge in [-0.05, 0) is 48.0 Å². The Kier molecular flexibility index (Phi) is 4.37. The lowest BCUT2D eigenvalue weighted by Crippen LogP contribution is -2.08. The van der Waals surface area contributed by atoms with E-state index in [1.54, 1.807) is 0 Å². The molecular weight excluding hydrogens is 278 g/mol. The number of rotatable bonds is 6. The molecule has 1 aliphatic rings. The molecule has 0 spiro atoms. The van der Waals surface area contributed by atoms with Gasteiger partial charge in [0.15, 0.2) is 0 Å². The van der Waals surface area contributed by atoms with Crippen molar-refractivity contribution in [1.82, 2.24) is 9.97 Å². The minimum atomic E-state index is 0.833. The van der Waals surface area contributed by atoms with Gasteiger partial charge in [0.2, 0.25) is 0 Å². The Balaban J connectivity index is 2.25. The van der Waals surface area contributed by atoms with Crippen molar-refractivity contribution in [2.45, 2.75) is 46.0 Å². The molecule has 1 fully saturated rings. The van der Waals surface area contributed by atoms with Crippen molar-refractivity contribution < 1.29 is 0 Å². The van der Waals surface area contributed by atoms with E-state index in [1.165, 1.54) is 12.8 Å². The quantitative estimate of drug-likeness (QED) is 0.872. The van der Waals surface area contributed by atoms with Crippen LogP contribution in [0.15, 0.2) is 4.47 Å². The van der Waals surface area contributed by atoms with Gasteiger partial charge in [0, 0.05) is 13.0 Å². The van der Waals surface area contributed by atoms with Crippen molar-refractivity contribution in [3.63, 3.8) is 0 Å². The van der Waals surface area contributed by atoms with E-state index in [4.69, 9.17) is 0 Å². The summed E-state index contributed by atoms with van der Waals surface area (Å²) in [6, 6.07) is 0. The molecule has 0 unspecified atom stereocenters. The number of hydrogen-bond acceptors (Lipinski definition) is 3. The molecule has 4 heteroatoms. The fourth-order valence-corrected chi connectivity index (χ4v) is 2.42. The van der Waals surface area contributed by atoms with E-state index in [-0.39, 0.29) is 0 Å². The van der Waals surface area contributed by atoms with E-state index in [0.717, 1.165) is 53.5 Å². The van der Waals surface area contributed by atoms with Crippen LogP contribution in [0.3, 0.4) is 0 Å². The Morgan fingerprint density at radius 2 is 2.06 bits per heavy atom.